The summed E-state index contributed by atoms with van der Waals surface area (Å²) in [6.07, 6.45) is 11.5. The molecule has 144 valence electrons. The molecule has 0 saturated carbocycles. The SMILES string of the molecule is CCCCCCCCCOc1ccc(CN2CCC[C@@H]2CO)cc1.Cl. The predicted molar refractivity (Wildman–Crippen MR) is 108 cm³/mol. The smallest absolute Gasteiger partial charge is 0.119 e. The minimum atomic E-state index is 0. The molecule has 1 fully saturated rings. The van der Waals surface area contributed by atoms with Crippen molar-refractivity contribution in [1.82, 2.24) is 4.90 Å². The van der Waals surface area contributed by atoms with Crippen LogP contribution in [-0.4, -0.2) is 35.8 Å². The highest BCUT2D eigenvalue weighted by molar-refractivity contribution is 5.85. The molecule has 1 saturated heterocycles. The highest BCUT2D eigenvalue weighted by Crippen LogP contribution is 2.21. The highest BCUT2D eigenvalue weighted by Gasteiger charge is 2.23. The van der Waals surface area contributed by atoms with Gasteiger partial charge in [0.1, 0.15) is 5.75 Å². The normalized spacial score (nSPS) is 17.4. The first-order valence-electron chi connectivity index (χ1n) is 9.90. The minimum absolute atomic E-state index is 0. The van der Waals surface area contributed by atoms with Crippen LogP contribution >= 0.6 is 12.4 Å². The quantitative estimate of drug-likeness (QED) is 0.514. The lowest BCUT2D eigenvalue weighted by atomic mass is 10.1. The van der Waals surface area contributed by atoms with Crippen molar-refractivity contribution in [2.24, 2.45) is 0 Å². The van der Waals surface area contributed by atoms with Gasteiger partial charge in [0.15, 0.2) is 0 Å². The number of likely N-dealkylation sites (tertiary alicyclic amines) is 1. The number of hydrogen-bond acceptors (Lipinski definition) is 3. The van der Waals surface area contributed by atoms with Crippen LogP contribution < -0.4 is 4.74 Å². The fourth-order valence-corrected chi connectivity index (χ4v) is 3.48. The molecule has 0 spiro atoms. The Hall–Kier alpha value is -0.770. The lowest BCUT2D eigenvalue weighted by Crippen LogP contribution is -2.31. The molecule has 0 aliphatic carbocycles. The molecule has 1 heterocycles. The molecule has 0 unspecified atom stereocenters. The van der Waals surface area contributed by atoms with E-state index in [-0.39, 0.29) is 19.0 Å². The zero-order valence-corrected chi connectivity index (χ0v) is 16.6. The fourth-order valence-electron chi connectivity index (χ4n) is 3.48. The van der Waals surface area contributed by atoms with Crippen LogP contribution in [0.2, 0.25) is 0 Å². The van der Waals surface area contributed by atoms with Gasteiger partial charge in [-0.2, -0.15) is 0 Å². The molecule has 2 rings (SSSR count). The maximum atomic E-state index is 9.40. The Balaban J connectivity index is 0.00000312. The summed E-state index contributed by atoms with van der Waals surface area (Å²) in [7, 11) is 0. The van der Waals surface area contributed by atoms with E-state index >= 15 is 0 Å². The van der Waals surface area contributed by atoms with Crippen molar-refractivity contribution in [3.05, 3.63) is 29.8 Å². The van der Waals surface area contributed by atoms with Crippen molar-refractivity contribution in [3.8, 4) is 5.75 Å². The number of hydrogen-bond donors (Lipinski definition) is 1. The first-order valence-corrected chi connectivity index (χ1v) is 9.90. The Morgan fingerprint density at radius 1 is 1.04 bits per heavy atom. The maximum Gasteiger partial charge on any atom is 0.119 e. The summed E-state index contributed by atoms with van der Waals surface area (Å²) in [5.74, 6) is 0.977. The van der Waals surface area contributed by atoms with Gasteiger partial charge in [0.2, 0.25) is 0 Å². The number of benzene rings is 1. The Labute approximate surface area is 160 Å². The second-order valence-corrected chi connectivity index (χ2v) is 7.06. The summed E-state index contributed by atoms with van der Waals surface area (Å²) in [6.45, 7) is 5.39. The third-order valence-corrected chi connectivity index (χ3v) is 5.04. The molecule has 0 bridgehead atoms. The van der Waals surface area contributed by atoms with Crippen molar-refractivity contribution >= 4 is 12.4 Å². The zero-order valence-electron chi connectivity index (χ0n) is 15.8. The van der Waals surface area contributed by atoms with Gasteiger partial charge in [-0.3, -0.25) is 4.90 Å². The highest BCUT2D eigenvalue weighted by atomic mass is 35.5. The standard InChI is InChI=1S/C21H35NO2.ClH/c1-2-3-4-5-6-7-8-16-24-21-13-11-19(12-14-21)17-22-15-9-10-20(22)18-23;/h11-14,20,23H,2-10,15-18H2,1H3;1H/t20-;/m1./s1. The van der Waals surface area contributed by atoms with Gasteiger partial charge >= 0.3 is 0 Å². The molecular weight excluding hydrogens is 334 g/mol. The molecule has 0 radical (unpaired) electrons. The van der Waals surface area contributed by atoms with Crippen LogP contribution in [0.4, 0.5) is 0 Å². The Kier molecular flexibility index (Phi) is 12.0. The van der Waals surface area contributed by atoms with Gasteiger partial charge in [-0.15, -0.1) is 12.4 Å². The third-order valence-electron chi connectivity index (χ3n) is 5.04. The zero-order chi connectivity index (χ0) is 17.0. The Bertz CT molecular complexity index is 438. The van der Waals surface area contributed by atoms with Crippen LogP contribution in [0.1, 0.15) is 70.3 Å². The number of aliphatic hydroxyl groups excluding tert-OH is 1. The molecule has 0 amide bonds. The summed E-state index contributed by atoms with van der Waals surface area (Å²) in [5, 5.41) is 9.40. The molecule has 4 heteroatoms. The van der Waals surface area contributed by atoms with Gasteiger partial charge in [0, 0.05) is 12.6 Å². The molecule has 0 aromatic heterocycles. The number of nitrogens with zero attached hydrogens (tertiary/aromatic N) is 1. The molecule has 25 heavy (non-hydrogen) atoms. The molecule has 1 aliphatic rings. The van der Waals surface area contributed by atoms with Crippen LogP contribution in [0.25, 0.3) is 0 Å². The van der Waals surface area contributed by atoms with Crippen molar-refractivity contribution in [1.29, 1.82) is 0 Å². The van der Waals surface area contributed by atoms with E-state index in [0.29, 0.717) is 6.04 Å². The van der Waals surface area contributed by atoms with E-state index in [2.05, 4.69) is 36.1 Å². The summed E-state index contributed by atoms with van der Waals surface area (Å²) in [4.78, 5) is 2.38. The molecule has 1 N–H and O–H groups in total. The van der Waals surface area contributed by atoms with Gasteiger partial charge < -0.3 is 9.84 Å². The Morgan fingerprint density at radius 3 is 2.40 bits per heavy atom. The van der Waals surface area contributed by atoms with Crippen LogP contribution in [0.15, 0.2) is 24.3 Å². The third kappa shape index (κ3) is 8.44. The topological polar surface area (TPSA) is 32.7 Å². The van der Waals surface area contributed by atoms with Gasteiger partial charge in [-0.1, -0.05) is 57.6 Å². The van der Waals surface area contributed by atoms with Gasteiger partial charge in [0.25, 0.3) is 0 Å². The van der Waals surface area contributed by atoms with Crippen LogP contribution in [0.5, 0.6) is 5.75 Å². The second-order valence-electron chi connectivity index (χ2n) is 7.06. The number of halogens is 1. The molecule has 1 aromatic rings. The molecule has 1 atom stereocenters. The van der Waals surface area contributed by atoms with Gasteiger partial charge in [-0.05, 0) is 43.5 Å². The molecule has 3 nitrogen and oxygen atoms in total. The molecule has 1 aromatic carbocycles. The summed E-state index contributed by atoms with van der Waals surface area (Å²) in [6, 6.07) is 8.83. The second kappa shape index (κ2) is 13.4. The predicted octanol–water partition coefficient (Wildman–Crippen LogP) is 5.19. The summed E-state index contributed by atoms with van der Waals surface area (Å²) < 4.78 is 5.85. The first kappa shape index (κ1) is 22.3. The van der Waals surface area contributed by atoms with Crippen LogP contribution in [-0.2, 0) is 6.54 Å². The van der Waals surface area contributed by atoms with E-state index in [1.807, 2.05) is 0 Å². The van der Waals surface area contributed by atoms with E-state index in [0.717, 1.165) is 38.3 Å². The first-order chi connectivity index (χ1) is 11.8. The Morgan fingerprint density at radius 2 is 1.72 bits per heavy atom. The molecular formula is C21H36ClNO2. The van der Waals surface area contributed by atoms with Crippen LogP contribution in [0.3, 0.4) is 0 Å². The van der Waals surface area contributed by atoms with E-state index in [4.69, 9.17) is 4.74 Å². The van der Waals surface area contributed by atoms with E-state index < -0.39 is 0 Å². The lowest BCUT2D eigenvalue weighted by Gasteiger charge is -2.22. The van der Waals surface area contributed by atoms with E-state index in [1.165, 1.54) is 50.5 Å². The maximum absolute atomic E-state index is 9.40. The average molecular weight is 370 g/mol. The van der Waals surface area contributed by atoms with Gasteiger partial charge in [-0.25, -0.2) is 0 Å². The van der Waals surface area contributed by atoms with Crippen molar-refractivity contribution < 1.29 is 9.84 Å². The van der Waals surface area contributed by atoms with Crippen LogP contribution in [0, 0.1) is 0 Å². The number of ether oxygens (including phenoxy) is 1. The number of unbranched alkanes of at least 4 members (excludes halogenated alkanes) is 6. The average Bonchev–Trinajstić information content (AvgIpc) is 3.06. The van der Waals surface area contributed by atoms with Crippen molar-refractivity contribution in [3.63, 3.8) is 0 Å². The van der Waals surface area contributed by atoms with E-state index in [9.17, 15) is 5.11 Å². The summed E-state index contributed by atoms with van der Waals surface area (Å²) >= 11 is 0. The fraction of sp³-hybridized carbons (Fsp3) is 0.714. The van der Waals surface area contributed by atoms with E-state index in [1.54, 1.807) is 0 Å². The minimum Gasteiger partial charge on any atom is -0.494 e. The number of rotatable bonds is 12. The lowest BCUT2D eigenvalue weighted by molar-refractivity contribution is 0.153. The monoisotopic (exact) mass is 369 g/mol. The largest absolute Gasteiger partial charge is 0.494 e. The molecule has 1 aliphatic heterocycles. The summed E-state index contributed by atoms with van der Waals surface area (Å²) in [5.41, 5.74) is 1.30. The number of aliphatic hydroxyl groups is 1. The van der Waals surface area contributed by atoms with Gasteiger partial charge in [0.05, 0.1) is 13.2 Å². The van der Waals surface area contributed by atoms with Crippen molar-refractivity contribution in [2.75, 3.05) is 19.8 Å². The van der Waals surface area contributed by atoms with Crippen molar-refractivity contribution in [2.45, 2.75) is 77.3 Å².